The Hall–Kier alpha value is -2.11. The standard InChI is InChI=1S/C16H13Cl2F2N3O5/c17-8-2-1-7(5-9(8)18)13(26)21-11-3-4-23(15(27)22-11)14-16(19,20)12(25)10(6-24)28-14/h1-5,10,12,14,24-25H,6H2,(H,21,22,26,27)/t10-,12-,14?/m1/s1. The molecule has 1 aromatic heterocycles. The van der Waals surface area contributed by atoms with E-state index < -0.39 is 42.6 Å². The normalized spacial score (nSPS) is 23.6. The molecule has 0 aliphatic carbocycles. The number of aromatic nitrogens is 2. The molecule has 0 saturated carbocycles. The van der Waals surface area contributed by atoms with Crippen LogP contribution in [0.25, 0.3) is 0 Å². The van der Waals surface area contributed by atoms with Gasteiger partial charge in [-0.1, -0.05) is 23.2 Å². The SMILES string of the molecule is O=C(Nc1ccn(C2O[C@H](CO)[C@@H](O)C2(F)F)c(=O)n1)c1ccc(Cl)c(Cl)c1. The Morgan fingerprint density at radius 2 is 2.04 bits per heavy atom. The number of aliphatic hydroxyl groups excluding tert-OH is 2. The zero-order valence-corrected chi connectivity index (χ0v) is 15.4. The number of halogens is 4. The summed E-state index contributed by atoms with van der Waals surface area (Å²) in [4.78, 5) is 27.9. The van der Waals surface area contributed by atoms with E-state index in [4.69, 9.17) is 33.0 Å². The Labute approximate surface area is 166 Å². The maximum absolute atomic E-state index is 14.1. The third-order valence-corrected chi connectivity index (χ3v) is 4.80. The van der Waals surface area contributed by atoms with Gasteiger partial charge in [-0.2, -0.15) is 13.8 Å². The summed E-state index contributed by atoms with van der Waals surface area (Å²) in [6, 6.07) is 5.22. The van der Waals surface area contributed by atoms with E-state index in [-0.39, 0.29) is 21.4 Å². The van der Waals surface area contributed by atoms with Crippen LogP contribution in [0.3, 0.4) is 0 Å². The summed E-state index contributed by atoms with van der Waals surface area (Å²) >= 11 is 11.6. The van der Waals surface area contributed by atoms with E-state index in [2.05, 4.69) is 10.3 Å². The Bertz CT molecular complexity index is 972. The zero-order valence-electron chi connectivity index (χ0n) is 13.9. The van der Waals surface area contributed by atoms with Crippen molar-refractivity contribution in [3.63, 3.8) is 0 Å². The smallest absolute Gasteiger partial charge is 0.351 e. The Kier molecular flexibility index (Phi) is 5.69. The van der Waals surface area contributed by atoms with Crippen molar-refractivity contribution in [2.45, 2.75) is 24.4 Å². The van der Waals surface area contributed by atoms with Gasteiger partial charge in [0.25, 0.3) is 5.91 Å². The molecule has 3 rings (SSSR count). The number of carbonyl (C=O) groups excluding carboxylic acids is 1. The van der Waals surface area contributed by atoms with Crippen molar-refractivity contribution in [3.8, 4) is 0 Å². The summed E-state index contributed by atoms with van der Waals surface area (Å²) in [7, 11) is 0. The molecule has 3 N–H and O–H groups in total. The van der Waals surface area contributed by atoms with Crippen molar-refractivity contribution in [1.29, 1.82) is 0 Å². The fraction of sp³-hybridized carbons (Fsp3) is 0.312. The summed E-state index contributed by atoms with van der Waals surface area (Å²) in [5, 5.41) is 21.3. The summed E-state index contributed by atoms with van der Waals surface area (Å²) in [6.45, 7) is -0.854. The van der Waals surface area contributed by atoms with E-state index in [1.165, 1.54) is 18.2 Å². The zero-order chi connectivity index (χ0) is 20.6. The minimum Gasteiger partial charge on any atom is -0.394 e. The molecule has 150 valence electrons. The lowest BCUT2D eigenvalue weighted by Crippen LogP contribution is -2.41. The third kappa shape index (κ3) is 3.74. The molecule has 1 aliphatic rings. The molecule has 1 unspecified atom stereocenters. The molecule has 12 heteroatoms. The van der Waals surface area contributed by atoms with Crippen LogP contribution in [-0.4, -0.2) is 50.4 Å². The first kappa shape index (κ1) is 20.6. The van der Waals surface area contributed by atoms with E-state index >= 15 is 0 Å². The lowest BCUT2D eigenvalue weighted by Gasteiger charge is -2.21. The van der Waals surface area contributed by atoms with Gasteiger partial charge in [0, 0.05) is 11.8 Å². The van der Waals surface area contributed by atoms with Gasteiger partial charge in [0.05, 0.1) is 16.7 Å². The first-order chi connectivity index (χ1) is 13.1. The van der Waals surface area contributed by atoms with Crippen molar-refractivity contribution in [2.75, 3.05) is 11.9 Å². The van der Waals surface area contributed by atoms with Gasteiger partial charge in [-0.25, -0.2) is 4.79 Å². The van der Waals surface area contributed by atoms with Crippen LogP contribution in [0.2, 0.25) is 10.0 Å². The molecule has 2 heterocycles. The molecule has 8 nitrogen and oxygen atoms in total. The van der Waals surface area contributed by atoms with Crippen molar-refractivity contribution in [2.24, 2.45) is 0 Å². The number of aliphatic hydroxyl groups is 2. The van der Waals surface area contributed by atoms with Crippen molar-refractivity contribution in [3.05, 3.63) is 56.6 Å². The molecule has 1 amide bonds. The van der Waals surface area contributed by atoms with Gasteiger partial charge in [0.1, 0.15) is 11.9 Å². The molecule has 1 aliphatic heterocycles. The second kappa shape index (κ2) is 7.72. The molecule has 28 heavy (non-hydrogen) atoms. The van der Waals surface area contributed by atoms with Crippen LogP contribution in [0.5, 0.6) is 0 Å². The summed E-state index contributed by atoms with van der Waals surface area (Å²) in [5.74, 6) is -4.68. The van der Waals surface area contributed by atoms with E-state index in [9.17, 15) is 23.5 Å². The predicted octanol–water partition coefficient (Wildman–Crippen LogP) is 1.69. The number of anilines is 1. The molecule has 1 aromatic carbocycles. The van der Waals surface area contributed by atoms with Crippen molar-refractivity contribution < 1.29 is 28.5 Å². The number of carbonyl (C=O) groups is 1. The van der Waals surface area contributed by atoms with E-state index in [1.807, 2.05) is 0 Å². The molecule has 0 bridgehead atoms. The van der Waals surface area contributed by atoms with Gasteiger partial charge in [0.2, 0.25) is 6.23 Å². The van der Waals surface area contributed by atoms with Gasteiger partial charge in [-0.05, 0) is 24.3 Å². The molecule has 0 spiro atoms. The molecule has 1 saturated heterocycles. The third-order valence-electron chi connectivity index (χ3n) is 4.07. The summed E-state index contributed by atoms with van der Waals surface area (Å²) in [5.41, 5.74) is -1.01. The van der Waals surface area contributed by atoms with Gasteiger partial charge in [-0.3, -0.25) is 9.36 Å². The van der Waals surface area contributed by atoms with E-state index in [0.29, 0.717) is 4.57 Å². The van der Waals surface area contributed by atoms with Crippen molar-refractivity contribution >= 4 is 34.9 Å². The fourth-order valence-corrected chi connectivity index (χ4v) is 2.90. The second-order valence-corrected chi connectivity index (χ2v) is 6.73. The van der Waals surface area contributed by atoms with Crippen LogP contribution in [0, 0.1) is 0 Å². The molecular weight excluding hydrogens is 423 g/mol. The minimum absolute atomic E-state index is 0.139. The molecule has 3 atom stereocenters. The maximum Gasteiger partial charge on any atom is 0.351 e. The average Bonchev–Trinajstić information content (AvgIpc) is 2.87. The number of alkyl halides is 2. The summed E-state index contributed by atoms with van der Waals surface area (Å²) in [6.07, 6.45) is -5.06. The van der Waals surface area contributed by atoms with Gasteiger partial charge in [0.15, 0.2) is 6.10 Å². The number of amides is 1. The maximum atomic E-state index is 14.1. The largest absolute Gasteiger partial charge is 0.394 e. The number of rotatable bonds is 4. The second-order valence-electron chi connectivity index (χ2n) is 5.91. The average molecular weight is 436 g/mol. The predicted molar refractivity (Wildman–Crippen MR) is 94.9 cm³/mol. The van der Waals surface area contributed by atoms with E-state index in [0.717, 1.165) is 12.3 Å². The number of hydrogen-bond acceptors (Lipinski definition) is 6. The van der Waals surface area contributed by atoms with Crippen LogP contribution in [0.15, 0.2) is 35.3 Å². The summed E-state index contributed by atoms with van der Waals surface area (Å²) < 4.78 is 33.6. The highest BCUT2D eigenvalue weighted by molar-refractivity contribution is 6.42. The van der Waals surface area contributed by atoms with Gasteiger partial charge in [-0.15, -0.1) is 0 Å². The topological polar surface area (TPSA) is 114 Å². The highest BCUT2D eigenvalue weighted by Crippen LogP contribution is 2.41. The lowest BCUT2D eigenvalue weighted by atomic mass is 10.1. The van der Waals surface area contributed by atoms with Gasteiger partial charge >= 0.3 is 11.6 Å². The highest BCUT2D eigenvalue weighted by Gasteiger charge is 2.59. The number of nitrogens with one attached hydrogen (secondary N) is 1. The number of nitrogens with zero attached hydrogens (tertiary/aromatic N) is 2. The van der Waals surface area contributed by atoms with Crippen LogP contribution in [0.1, 0.15) is 16.6 Å². The van der Waals surface area contributed by atoms with Crippen molar-refractivity contribution in [1.82, 2.24) is 9.55 Å². The van der Waals surface area contributed by atoms with E-state index in [1.54, 1.807) is 0 Å². The van der Waals surface area contributed by atoms with Crippen LogP contribution in [-0.2, 0) is 4.74 Å². The number of ether oxygens (including phenoxy) is 1. The Balaban J connectivity index is 1.82. The minimum atomic E-state index is -3.83. The molecular formula is C16H13Cl2F2N3O5. The van der Waals surface area contributed by atoms with Crippen LogP contribution in [0.4, 0.5) is 14.6 Å². The highest BCUT2D eigenvalue weighted by atomic mass is 35.5. The first-order valence-corrected chi connectivity index (χ1v) is 8.58. The lowest BCUT2D eigenvalue weighted by molar-refractivity contribution is -0.140. The first-order valence-electron chi connectivity index (χ1n) is 7.83. The number of hydrogen-bond donors (Lipinski definition) is 3. The molecule has 1 fully saturated rings. The van der Waals surface area contributed by atoms with Gasteiger partial charge < -0.3 is 20.3 Å². The Morgan fingerprint density at radius 1 is 1.32 bits per heavy atom. The quantitative estimate of drug-likeness (QED) is 0.673. The molecule has 0 radical (unpaired) electrons. The monoisotopic (exact) mass is 435 g/mol. The fourth-order valence-electron chi connectivity index (χ4n) is 2.61. The Morgan fingerprint density at radius 3 is 2.61 bits per heavy atom. The van der Waals surface area contributed by atoms with Crippen LogP contribution < -0.4 is 11.0 Å². The number of benzene rings is 1. The molecule has 2 aromatic rings. The van der Waals surface area contributed by atoms with Crippen LogP contribution >= 0.6 is 23.2 Å².